The van der Waals surface area contributed by atoms with Gasteiger partial charge in [-0.2, -0.15) is 0 Å². The lowest BCUT2D eigenvalue weighted by atomic mass is 9.99. The molecular formula is C12H23NO2. The number of nitrogens with one attached hydrogen (secondary N) is 1. The van der Waals surface area contributed by atoms with Gasteiger partial charge in [0.15, 0.2) is 0 Å². The molecule has 1 N–H and O–H groups in total. The highest BCUT2D eigenvalue weighted by molar-refractivity contribution is 5.73. The second-order valence-electron chi connectivity index (χ2n) is 4.95. The van der Waals surface area contributed by atoms with E-state index in [1.165, 1.54) is 0 Å². The molecule has 0 aromatic carbocycles. The van der Waals surface area contributed by atoms with E-state index in [0.29, 0.717) is 18.4 Å². The van der Waals surface area contributed by atoms with Gasteiger partial charge in [0.1, 0.15) is 0 Å². The number of hydrogen-bond donors (Lipinski definition) is 1. The molecule has 15 heavy (non-hydrogen) atoms. The van der Waals surface area contributed by atoms with E-state index in [9.17, 15) is 4.79 Å². The van der Waals surface area contributed by atoms with Crippen molar-refractivity contribution in [3.05, 3.63) is 0 Å². The van der Waals surface area contributed by atoms with Crippen LogP contribution in [-0.2, 0) is 9.53 Å². The van der Waals surface area contributed by atoms with E-state index in [1.807, 2.05) is 0 Å². The Hall–Kier alpha value is -0.570. The van der Waals surface area contributed by atoms with Crippen LogP contribution in [0.4, 0.5) is 0 Å². The molecule has 0 bridgehead atoms. The molecule has 88 valence electrons. The number of esters is 1. The van der Waals surface area contributed by atoms with Crippen molar-refractivity contribution in [3.63, 3.8) is 0 Å². The summed E-state index contributed by atoms with van der Waals surface area (Å²) >= 11 is 0. The Balaban J connectivity index is 2.13. The van der Waals surface area contributed by atoms with Gasteiger partial charge in [0, 0.05) is 6.54 Å². The van der Waals surface area contributed by atoms with Crippen molar-refractivity contribution in [1.29, 1.82) is 0 Å². The molecule has 0 amide bonds. The fourth-order valence-corrected chi connectivity index (χ4v) is 1.90. The normalized spacial score (nSPS) is 25.9. The van der Waals surface area contributed by atoms with Crippen LogP contribution < -0.4 is 5.32 Å². The van der Waals surface area contributed by atoms with Crippen LogP contribution >= 0.6 is 0 Å². The van der Waals surface area contributed by atoms with Crippen molar-refractivity contribution in [1.82, 2.24) is 5.32 Å². The Kier molecular flexibility index (Phi) is 5.09. The van der Waals surface area contributed by atoms with Crippen molar-refractivity contribution < 1.29 is 9.53 Å². The lowest BCUT2D eigenvalue weighted by Gasteiger charge is -2.13. The van der Waals surface area contributed by atoms with Crippen LogP contribution in [0.25, 0.3) is 0 Å². The van der Waals surface area contributed by atoms with E-state index in [2.05, 4.69) is 26.1 Å². The van der Waals surface area contributed by atoms with Crippen LogP contribution in [0.1, 0.15) is 33.6 Å². The van der Waals surface area contributed by atoms with Crippen molar-refractivity contribution in [3.8, 4) is 0 Å². The van der Waals surface area contributed by atoms with Gasteiger partial charge in [0.2, 0.25) is 0 Å². The van der Waals surface area contributed by atoms with E-state index in [0.717, 1.165) is 25.9 Å². The van der Waals surface area contributed by atoms with Gasteiger partial charge >= 0.3 is 5.97 Å². The SMILES string of the molecule is CC(C)CCCOC(=O)[C@@H]1CNC[C@H]1C. The van der Waals surface area contributed by atoms with Crippen molar-refractivity contribution in [2.24, 2.45) is 17.8 Å². The average Bonchev–Trinajstić information content (AvgIpc) is 2.58. The smallest absolute Gasteiger partial charge is 0.310 e. The number of ether oxygens (including phenoxy) is 1. The van der Waals surface area contributed by atoms with Crippen LogP contribution in [-0.4, -0.2) is 25.7 Å². The Morgan fingerprint density at radius 1 is 1.47 bits per heavy atom. The third-order valence-electron chi connectivity index (χ3n) is 2.99. The van der Waals surface area contributed by atoms with Gasteiger partial charge in [0.25, 0.3) is 0 Å². The molecule has 1 saturated heterocycles. The van der Waals surface area contributed by atoms with Gasteiger partial charge in [-0.05, 0) is 31.2 Å². The zero-order valence-corrected chi connectivity index (χ0v) is 10.1. The molecule has 0 spiro atoms. The molecule has 3 heteroatoms. The topological polar surface area (TPSA) is 38.3 Å². The Labute approximate surface area is 92.6 Å². The molecule has 3 nitrogen and oxygen atoms in total. The lowest BCUT2D eigenvalue weighted by Crippen LogP contribution is -2.24. The number of rotatable bonds is 5. The van der Waals surface area contributed by atoms with Gasteiger partial charge in [-0.1, -0.05) is 20.8 Å². The first-order valence-corrected chi connectivity index (χ1v) is 5.98. The molecule has 1 rings (SSSR count). The summed E-state index contributed by atoms with van der Waals surface area (Å²) in [4.78, 5) is 11.6. The molecule has 0 unspecified atom stereocenters. The molecule has 1 fully saturated rings. The van der Waals surface area contributed by atoms with Crippen LogP contribution in [0.15, 0.2) is 0 Å². The largest absolute Gasteiger partial charge is 0.465 e. The van der Waals surface area contributed by atoms with Gasteiger partial charge < -0.3 is 10.1 Å². The maximum atomic E-state index is 11.6. The predicted octanol–water partition coefficient (Wildman–Crippen LogP) is 1.82. The van der Waals surface area contributed by atoms with E-state index in [4.69, 9.17) is 4.74 Å². The minimum absolute atomic E-state index is 0.0174. The van der Waals surface area contributed by atoms with Crippen molar-refractivity contribution in [2.45, 2.75) is 33.6 Å². The van der Waals surface area contributed by atoms with Crippen molar-refractivity contribution >= 4 is 5.97 Å². The summed E-state index contributed by atoms with van der Waals surface area (Å²) in [5.41, 5.74) is 0. The molecule has 0 aliphatic carbocycles. The van der Waals surface area contributed by atoms with Crippen LogP contribution in [0, 0.1) is 17.8 Å². The Bertz CT molecular complexity index is 204. The standard InChI is InChI=1S/C12H23NO2/c1-9(2)5-4-6-15-12(14)11-8-13-7-10(11)3/h9-11,13H,4-8H2,1-3H3/t10-,11-/m1/s1. The summed E-state index contributed by atoms with van der Waals surface area (Å²) in [6.07, 6.45) is 2.11. The summed E-state index contributed by atoms with van der Waals surface area (Å²) in [6, 6.07) is 0. The third kappa shape index (κ3) is 4.20. The van der Waals surface area contributed by atoms with Crippen LogP contribution in [0.5, 0.6) is 0 Å². The van der Waals surface area contributed by atoms with E-state index in [-0.39, 0.29) is 11.9 Å². The number of carbonyl (C=O) groups is 1. The summed E-state index contributed by atoms with van der Waals surface area (Å²) in [7, 11) is 0. The maximum absolute atomic E-state index is 11.6. The highest BCUT2D eigenvalue weighted by Gasteiger charge is 2.30. The zero-order chi connectivity index (χ0) is 11.3. The van der Waals surface area contributed by atoms with Crippen LogP contribution in [0.2, 0.25) is 0 Å². The lowest BCUT2D eigenvalue weighted by molar-refractivity contribution is -0.149. The van der Waals surface area contributed by atoms with E-state index in [1.54, 1.807) is 0 Å². The Morgan fingerprint density at radius 3 is 2.73 bits per heavy atom. The molecule has 0 aromatic heterocycles. The van der Waals surface area contributed by atoms with Crippen LogP contribution in [0.3, 0.4) is 0 Å². The quantitative estimate of drug-likeness (QED) is 0.559. The van der Waals surface area contributed by atoms with E-state index >= 15 is 0 Å². The summed E-state index contributed by atoms with van der Waals surface area (Å²) in [6.45, 7) is 8.77. The van der Waals surface area contributed by atoms with Gasteiger partial charge in [-0.3, -0.25) is 4.79 Å². The van der Waals surface area contributed by atoms with Gasteiger partial charge in [-0.15, -0.1) is 0 Å². The fraction of sp³-hybridized carbons (Fsp3) is 0.917. The van der Waals surface area contributed by atoms with Gasteiger partial charge in [0.05, 0.1) is 12.5 Å². The first-order chi connectivity index (χ1) is 7.11. The summed E-state index contributed by atoms with van der Waals surface area (Å²) in [5, 5.41) is 3.21. The number of hydrogen-bond acceptors (Lipinski definition) is 3. The zero-order valence-electron chi connectivity index (χ0n) is 10.1. The Morgan fingerprint density at radius 2 is 2.20 bits per heavy atom. The highest BCUT2D eigenvalue weighted by Crippen LogP contribution is 2.17. The predicted molar refractivity (Wildman–Crippen MR) is 60.6 cm³/mol. The molecule has 0 aromatic rings. The van der Waals surface area contributed by atoms with Crippen molar-refractivity contribution in [2.75, 3.05) is 19.7 Å². The molecule has 2 atom stereocenters. The molecular weight excluding hydrogens is 190 g/mol. The van der Waals surface area contributed by atoms with E-state index < -0.39 is 0 Å². The molecule has 1 aliphatic heterocycles. The molecule has 1 aliphatic rings. The summed E-state index contributed by atoms with van der Waals surface area (Å²) < 4.78 is 5.27. The molecule has 0 saturated carbocycles. The molecule has 1 heterocycles. The molecule has 0 radical (unpaired) electrons. The second kappa shape index (κ2) is 6.11. The van der Waals surface area contributed by atoms with Gasteiger partial charge in [-0.25, -0.2) is 0 Å². The third-order valence-corrected chi connectivity index (χ3v) is 2.99. The minimum atomic E-state index is -0.0174. The first-order valence-electron chi connectivity index (χ1n) is 5.98. The maximum Gasteiger partial charge on any atom is 0.310 e. The minimum Gasteiger partial charge on any atom is -0.465 e. The monoisotopic (exact) mass is 213 g/mol. The summed E-state index contributed by atoms with van der Waals surface area (Å²) in [5.74, 6) is 1.17. The fourth-order valence-electron chi connectivity index (χ4n) is 1.90. The first kappa shape index (κ1) is 12.5. The highest BCUT2D eigenvalue weighted by atomic mass is 16.5. The average molecular weight is 213 g/mol. The number of carbonyl (C=O) groups excluding carboxylic acids is 1. The second-order valence-corrected chi connectivity index (χ2v) is 4.95.